The predicted octanol–water partition coefficient (Wildman–Crippen LogP) is 5.21. The standard InChI is InChI=1S/C22H28ClNO2/c1-15(2)19-9-7-18(8-10-19)6-5-11-24-21(25)14-26-20-12-16(3)22(23)17(4)13-20/h7-10,12-13,15H,5-6,11,14H2,1-4H3,(H,24,25). The van der Waals surface area contributed by atoms with Crippen LogP contribution in [0.5, 0.6) is 5.75 Å². The average Bonchev–Trinajstić information content (AvgIpc) is 2.61. The molecule has 4 heteroatoms. The highest BCUT2D eigenvalue weighted by molar-refractivity contribution is 6.32. The van der Waals surface area contributed by atoms with Crippen molar-refractivity contribution in [3.63, 3.8) is 0 Å². The minimum atomic E-state index is -0.106. The number of halogens is 1. The molecule has 26 heavy (non-hydrogen) atoms. The summed E-state index contributed by atoms with van der Waals surface area (Å²) in [5, 5.41) is 3.64. The quantitative estimate of drug-likeness (QED) is 0.645. The van der Waals surface area contributed by atoms with Crippen molar-refractivity contribution in [3.8, 4) is 5.75 Å². The molecule has 2 rings (SSSR count). The maximum atomic E-state index is 11.9. The monoisotopic (exact) mass is 373 g/mol. The minimum Gasteiger partial charge on any atom is -0.484 e. The van der Waals surface area contributed by atoms with Crippen LogP contribution in [-0.2, 0) is 11.2 Å². The van der Waals surface area contributed by atoms with Gasteiger partial charge in [-0.1, -0.05) is 49.7 Å². The lowest BCUT2D eigenvalue weighted by molar-refractivity contribution is -0.123. The highest BCUT2D eigenvalue weighted by atomic mass is 35.5. The number of aryl methyl sites for hydroxylation is 3. The summed E-state index contributed by atoms with van der Waals surface area (Å²) >= 11 is 6.14. The third-order valence-corrected chi connectivity index (χ3v) is 4.99. The number of hydrogen-bond acceptors (Lipinski definition) is 2. The second-order valence-electron chi connectivity index (χ2n) is 7.01. The third kappa shape index (κ3) is 6.06. The van der Waals surface area contributed by atoms with Gasteiger partial charge < -0.3 is 10.1 Å². The Balaban J connectivity index is 1.69. The second kappa shape index (κ2) is 9.63. The molecular weight excluding hydrogens is 346 g/mol. The van der Waals surface area contributed by atoms with Gasteiger partial charge in [-0.25, -0.2) is 0 Å². The summed E-state index contributed by atoms with van der Waals surface area (Å²) in [6, 6.07) is 12.4. The van der Waals surface area contributed by atoms with Crippen molar-refractivity contribution in [2.75, 3.05) is 13.2 Å². The van der Waals surface area contributed by atoms with Crippen LogP contribution in [0.25, 0.3) is 0 Å². The van der Waals surface area contributed by atoms with Crippen molar-refractivity contribution >= 4 is 17.5 Å². The number of amides is 1. The van der Waals surface area contributed by atoms with Gasteiger partial charge in [0, 0.05) is 11.6 Å². The van der Waals surface area contributed by atoms with E-state index in [9.17, 15) is 4.79 Å². The molecule has 0 aliphatic heterocycles. The van der Waals surface area contributed by atoms with Crippen molar-refractivity contribution in [1.82, 2.24) is 5.32 Å². The third-order valence-electron chi connectivity index (χ3n) is 4.39. The maximum Gasteiger partial charge on any atom is 0.257 e. The van der Waals surface area contributed by atoms with Crippen molar-refractivity contribution in [3.05, 3.63) is 63.7 Å². The van der Waals surface area contributed by atoms with Gasteiger partial charge in [0.15, 0.2) is 6.61 Å². The van der Waals surface area contributed by atoms with Gasteiger partial charge in [0.25, 0.3) is 5.91 Å². The van der Waals surface area contributed by atoms with E-state index < -0.39 is 0 Å². The van der Waals surface area contributed by atoms with E-state index in [4.69, 9.17) is 16.3 Å². The summed E-state index contributed by atoms with van der Waals surface area (Å²) in [5.74, 6) is 1.12. The molecule has 1 amide bonds. The minimum absolute atomic E-state index is 0.0175. The van der Waals surface area contributed by atoms with Gasteiger partial charge >= 0.3 is 0 Å². The molecule has 0 saturated heterocycles. The van der Waals surface area contributed by atoms with Gasteiger partial charge in [0.05, 0.1) is 0 Å². The molecule has 0 fully saturated rings. The van der Waals surface area contributed by atoms with E-state index in [0.29, 0.717) is 18.2 Å². The number of ether oxygens (including phenoxy) is 1. The number of benzene rings is 2. The zero-order chi connectivity index (χ0) is 19.1. The molecule has 0 aliphatic rings. The number of rotatable bonds is 8. The fourth-order valence-corrected chi connectivity index (χ4v) is 2.89. The molecule has 2 aromatic carbocycles. The molecular formula is C22H28ClNO2. The SMILES string of the molecule is Cc1cc(OCC(=O)NCCCc2ccc(C(C)C)cc2)cc(C)c1Cl. The normalized spacial score (nSPS) is 10.8. The van der Waals surface area contributed by atoms with Crippen LogP contribution in [0.3, 0.4) is 0 Å². The Hall–Kier alpha value is -2.00. The van der Waals surface area contributed by atoms with Crippen LogP contribution >= 0.6 is 11.6 Å². The molecule has 3 nitrogen and oxygen atoms in total. The largest absolute Gasteiger partial charge is 0.484 e. The Morgan fingerprint density at radius 3 is 2.31 bits per heavy atom. The highest BCUT2D eigenvalue weighted by Gasteiger charge is 2.06. The van der Waals surface area contributed by atoms with Crippen molar-refractivity contribution in [2.45, 2.75) is 46.5 Å². The van der Waals surface area contributed by atoms with Gasteiger partial charge in [-0.05, 0) is 67.0 Å². The van der Waals surface area contributed by atoms with Crippen LogP contribution in [0.4, 0.5) is 0 Å². The Kier molecular flexibility index (Phi) is 7.52. The van der Waals surface area contributed by atoms with E-state index in [1.165, 1.54) is 11.1 Å². The van der Waals surface area contributed by atoms with Crippen LogP contribution in [-0.4, -0.2) is 19.1 Å². The molecule has 0 heterocycles. The lowest BCUT2D eigenvalue weighted by Crippen LogP contribution is -2.29. The first-order valence-electron chi connectivity index (χ1n) is 9.12. The molecule has 0 unspecified atom stereocenters. The van der Waals surface area contributed by atoms with Crippen LogP contribution < -0.4 is 10.1 Å². The summed E-state index contributed by atoms with van der Waals surface area (Å²) < 4.78 is 5.56. The molecule has 1 N–H and O–H groups in total. The molecule has 0 saturated carbocycles. The smallest absolute Gasteiger partial charge is 0.257 e. The molecule has 140 valence electrons. The van der Waals surface area contributed by atoms with Gasteiger partial charge in [0.1, 0.15) is 5.75 Å². The van der Waals surface area contributed by atoms with Crippen LogP contribution in [0, 0.1) is 13.8 Å². The Morgan fingerprint density at radius 1 is 1.12 bits per heavy atom. The van der Waals surface area contributed by atoms with Gasteiger partial charge in [0.2, 0.25) is 0 Å². The Labute approximate surface area is 161 Å². The summed E-state index contributed by atoms with van der Waals surface area (Å²) in [6.07, 6.45) is 1.86. The fraction of sp³-hybridized carbons (Fsp3) is 0.409. The summed E-state index contributed by atoms with van der Waals surface area (Å²) in [5.41, 5.74) is 4.55. The molecule has 0 aromatic heterocycles. The summed E-state index contributed by atoms with van der Waals surface area (Å²) in [6.45, 7) is 8.90. The van der Waals surface area contributed by atoms with Crippen molar-refractivity contribution < 1.29 is 9.53 Å². The number of hydrogen-bond donors (Lipinski definition) is 1. The van der Waals surface area contributed by atoms with Gasteiger partial charge in [-0.2, -0.15) is 0 Å². The first kappa shape index (κ1) is 20.3. The first-order chi connectivity index (χ1) is 12.4. The van der Waals surface area contributed by atoms with Crippen LogP contribution in [0.1, 0.15) is 48.4 Å². The predicted molar refractivity (Wildman–Crippen MR) is 108 cm³/mol. The summed E-state index contributed by atoms with van der Waals surface area (Å²) in [7, 11) is 0. The Bertz CT molecular complexity index is 715. The van der Waals surface area contributed by atoms with Crippen molar-refractivity contribution in [1.29, 1.82) is 0 Å². The lowest BCUT2D eigenvalue weighted by Gasteiger charge is -2.10. The number of carbonyl (C=O) groups excluding carboxylic acids is 1. The second-order valence-corrected chi connectivity index (χ2v) is 7.39. The molecule has 0 atom stereocenters. The van der Waals surface area contributed by atoms with E-state index in [1.807, 2.05) is 26.0 Å². The zero-order valence-corrected chi connectivity index (χ0v) is 16.8. The average molecular weight is 374 g/mol. The lowest BCUT2D eigenvalue weighted by atomic mass is 10.0. The molecule has 2 aromatic rings. The zero-order valence-electron chi connectivity index (χ0n) is 16.1. The van der Waals surface area contributed by atoms with Gasteiger partial charge in [-0.3, -0.25) is 4.79 Å². The highest BCUT2D eigenvalue weighted by Crippen LogP contribution is 2.25. The Morgan fingerprint density at radius 2 is 1.73 bits per heavy atom. The maximum absolute atomic E-state index is 11.9. The van der Waals surface area contributed by atoms with Gasteiger partial charge in [-0.15, -0.1) is 0 Å². The first-order valence-corrected chi connectivity index (χ1v) is 9.49. The van der Waals surface area contributed by atoms with Crippen molar-refractivity contribution in [2.24, 2.45) is 0 Å². The van der Waals surface area contributed by atoms with E-state index in [-0.39, 0.29) is 12.5 Å². The van der Waals surface area contributed by atoms with Crippen LogP contribution in [0.2, 0.25) is 5.02 Å². The number of carbonyl (C=O) groups is 1. The number of nitrogens with one attached hydrogen (secondary N) is 1. The molecule has 0 radical (unpaired) electrons. The van der Waals surface area contributed by atoms with E-state index in [1.54, 1.807) is 0 Å². The molecule has 0 bridgehead atoms. The van der Waals surface area contributed by atoms with E-state index in [0.717, 1.165) is 29.0 Å². The fourth-order valence-electron chi connectivity index (χ4n) is 2.78. The van der Waals surface area contributed by atoms with E-state index >= 15 is 0 Å². The van der Waals surface area contributed by atoms with E-state index in [2.05, 4.69) is 43.4 Å². The molecule has 0 aliphatic carbocycles. The molecule has 0 spiro atoms. The summed E-state index contributed by atoms with van der Waals surface area (Å²) in [4.78, 5) is 11.9. The topological polar surface area (TPSA) is 38.3 Å². The van der Waals surface area contributed by atoms with Crippen LogP contribution in [0.15, 0.2) is 36.4 Å².